The fourth-order valence-corrected chi connectivity index (χ4v) is 1.87. The molecular weight excluding hydrogens is 184 g/mol. The number of aromatic nitrogens is 1. The van der Waals surface area contributed by atoms with Gasteiger partial charge in [0.05, 0.1) is 21.3 Å². The molecule has 0 spiro atoms. The molecule has 0 aliphatic carbocycles. The Morgan fingerprint density at radius 1 is 1.46 bits per heavy atom. The molecule has 4 nitrogen and oxygen atoms in total. The third-order valence-corrected chi connectivity index (χ3v) is 2.61. The molecule has 0 unspecified atom stereocenters. The second-order valence-electron chi connectivity index (χ2n) is 2.71. The Balaban J connectivity index is 2.76. The molecule has 5 heteroatoms. The van der Waals surface area contributed by atoms with E-state index in [1.807, 2.05) is 6.07 Å². The highest BCUT2D eigenvalue weighted by atomic mass is 32.1. The summed E-state index contributed by atoms with van der Waals surface area (Å²) in [5, 5.41) is 5.47. The Bertz CT molecular complexity index is 474. The molecule has 0 fully saturated rings. The molecule has 13 heavy (non-hydrogen) atoms. The van der Waals surface area contributed by atoms with E-state index in [0.717, 1.165) is 10.2 Å². The van der Waals surface area contributed by atoms with Gasteiger partial charge in [-0.25, -0.2) is 4.98 Å². The number of rotatable bonds is 1. The summed E-state index contributed by atoms with van der Waals surface area (Å²) in [6.45, 7) is 0. The fraction of sp³-hybridized carbons (Fsp3) is 0. The Labute approximate surface area is 78.7 Å². The summed E-state index contributed by atoms with van der Waals surface area (Å²) in [6, 6.07) is 3.64. The number of nitrogens with zero attached hydrogens (tertiary/aromatic N) is 1. The van der Waals surface area contributed by atoms with E-state index in [0.29, 0.717) is 11.3 Å². The first-order valence-corrected chi connectivity index (χ1v) is 4.57. The summed E-state index contributed by atoms with van der Waals surface area (Å²) >= 11 is 1.54. The maximum Gasteiger partial charge on any atom is 0.272 e. The number of amidine groups is 1. The third kappa shape index (κ3) is 1.23. The van der Waals surface area contributed by atoms with E-state index in [1.165, 1.54) is 11.3 Å². The van der Waals surface area contributed by atoms with E-state index in [-0.39, 0.29) is 5.84 Å². The number of nitrogens with two attached hydrogens (primary N) is 3. The molecule has 1 aromatic heterocycles. The summed E-state index contributed by atoms with van der Waals surface area (Å²) in [4.78, 5) is 4.13. The van der Waals surface area contributed by atoms with Gasteiger partial charge >= 0.3 is 0 Å². The van der Waals surface area contributed by atoms with Gasteiger partial charge in [0.1, 0.15) is 0 Å². The van der Waals surface area contributed by atoms with Crippen molar-refractivity contribution >= 4 is 33.1 Å². The van der Waals surface area contributed by atoms with Crippen LogP contribution in [0, 0.1) is 0 Å². The lowest BCUT2D eigenvalue weighted by atomic mass is 10.1. The molecule has 2 rings (SSSR count). The van der Waals surface area contributed by atoms with Crippen LogP contribution in [0.25, 0.3) is 10.2 Å². The fourth-order valence-electron chi connectivity index (χ4n) is 1.17. The standard InChI is InChI=1S/C8H8N4S/c9-5-2-6-7(13-3-12-6)1-4(5)8(10)11/h1-3H,9H2,(H3,10,11)/p+1. The molecule has 0 aliphatic heterocycles. The van der Waals surface area contributed by atoms with Crippen LogP contribution in [-0.2, 0) is 0 Å². The molecule has 0 amide bonds. The van der Waals surface area contributed by atoms with E-state index in [4.69, 9.17) is 16.9 Å². The first kappa shape index (κ1) is 8.00. The van der Waals surface area contributed by atoms with Crippen molar-refractivity contribution in [2.75, 3.05) is 5.73 Å². The predicted octanol–water partition coefficient (Wildman–Crippen LogP) is -0.657. The average molecular weight is 193 g/mol. The summed E-state index contributed by atoms with van der Waals surface area (Å²) in [5.74, 6) is 0.243. The quantitative estimate of drug-likeness (QED) is 0.319. The van der Waals surface area contributed by atoms with Gasteiger partial charge in [-0.15, -0.1) is 11.3 Å². The maximum atomic E-state index is 5.73. The highest BCUT2D eigenvalue weighted by molar-refractivity contribution is 7.16. The molecule has 66 valence electrons. The van der Waals surface area contributed by atoms with Crippen molar-refractivity contribution in [1.29, 1.82) is 0 Å². The van der Waals surface area contributed by atoms with Gasteiger partial charge in [-0.3, -0.25) is 11.1 Å². The zero-order chi connectivity index (χ0) is 9.42. The third-order valence-electron chi connectivity index (χ3n) is 1.81. The molecule has 0 radical (unpaired) electrons. The summed E-state index contributed by atoms with van der Waals surface area (Å²) in [7, 11) is 0. The summed E-state index contributed by atoms with van der Waals surface area (Å²) < 4.78 is 1.04. The van der Waals surface area contributed by atoms with Crippen LogP contribution in [0.15, 0.2) is 17.6 Å². The number of benzene rings is 1. The van der Waals surface area contributed by atoms with Gasteiger partial charge in [-0.2, -0.15) is 0 Å². The molecule has 0 bridgehead atoms. The minimum atomic E-state index is 0.243. The van der Waals surface area contributed by atoms with Crippen LogP contribution in [0.5, 0.6) is 0 Å². The van der Waals surface area contributed by atoms with E-state index in [1.54, 1.807) is 11.6 Å². The van der Waals surface area contributed by atoms with Gasteiger partial charge < -0.3 is 5.73 Å². The highest BCUT2D eigenvalue weighted by Crippen LogP contribution is 2.23. The average Bonchev–Trinajstić information content (AvgIpc) is 2.48. The Hall–Kier alpha value is -1.62. The zero-order valence-corrected chi connectivity index (χ0v) is 7.64. The lowest BCUT2D eigenvalue weighted by Crippen LogP contribution is -2.46. The van der Waals surface area contributed by atoms with Crippen molar-refractivity contribution in [2.45, 2.75) is 0 Å². The van der Waals surface area contributed by atoms with Crippen molar-refractivity contribution in [3.63, 3.8) is 0 Å². The number of nitrogen functional groups attached to an aromatic ring is 1. The van der Waals surface area contributed by atoms with Crippen molar-refractivity contribution in [1.82, 2.24) is 4.98 Å². The van der Waals surface area contributed by atoms with E-state index in [2.05, 4.69) is 4.98 Å². The molecule has 2 aromatic rings. The molecule has 0 atom stereocenters. The van der Waals surface area contributed by atoms with Crippen molar-refractivity contribution in [3.05, 3.63) is 23.2 Å². The van der Waals surface area contributed by atoms with Crippen molar-refractivity contribution in [2.24, 2.45) is 5.73 Å². The van der Waals surface area contributed by atoms with Crippen LogP contribution < -0.4 is 16.9 Å². The second-order valence-corrected chi connectivity index (χ2v) is 3.60. The van der Waals surface area contributed by atoms with E-state index < -0.39 is 0 Å². The largest absolute Gasteiger partial charge is 0.398 e. The minimum Gasteiger partial charge on any atom is -0.398 e. The molecule has 0 saturated heterocycles. The molecule has 6 N–H and O–H groups in total. The lowest BCUT2D eigenvalue weighted by Gasteiger charge is -1.98. The highest BCUT2D eigenvalue weighted by Gasteiger charge is 2.09. The van der Waals surface area contributed by atoms with Crippen LogP contribution in [0.3, 0.4) is 0 Å². The summed E-state index contributed by atoms with van der Waals surface area (Å²) in [6.07, 6.45) is 0. The normalized spacial score (nSPS) is 10.5. The van der Waals surface area contributed by atoms with E-state index >= 15 is 0 Å². The Morgan fingerprint density at radius 2 is 2.23 bits per heavy atom. The number of hydrogen-bond acceptors (Lipinski definition) is 3. The SMILES string of the molecule is NC(=[NH2+])c1cc2scnc2cc1N. The Kier molecular flexibility index (Phi) is 1.66. The number of anilines is 1. The predicted molar refractivity (Wildman–Crippen MR) is 54.3 cm³/mol. The van der Waals surface area contributed by atoms with Crippen molar-refractivity contribution < 1.29 is 5.41 Å². The summed E-state index contributed by atoms with van der Waals surface area (Å²) in [5.41, 5.74) is 15.1. The molecule has 1 heterocycles. The first-order chi connectivity index (χ1) is 6.18. The molecular formula is C8H9N4S+. The van der Waals surface area contributed by atoms with Gasteiger partial charge in [0.25, 0.3) is 5.84 Å². The number of hydrogen-bond donors (Lipinski definition) is 3. The zero-order valence-electron chi connectivity index (χ0n) is 6.82. The van der Waals surface area contributed by atoms with Gasteiger partial charge in [0.15, 0.2) is 0 Å². The monoisotopic (exact) mass is 193 g/mol. The van der Waals surface area contributed by atoms with Crippen LogP contribution in [-0.4, -0.2) is 10.8 Å². The number of thiazole rings is 1. The van der Waals surface area contributed by atoms with Gasteiger partial charge in [-0.05, 0) is 12.1 Å². The minimum absolute atomic E-state index is 0.243. The van der Waals surface area contributed by atoms with Gasteiger partial charge in [0, 0.05) is 5.69 Å². The van der Waals surface area contributed by atoms with Crippen LogP contribution >= 0.6 is 11.3 Å². The molecule has 1 aromatic carbocycles. The Morgan fingerprint density at radius 3 is 2.92 bits per heavy atom. The molecule has 0 aliphatic rings. The van der Waals surface area contributed by atoms with E-state index in [9.17, 15) is 0 Å². The van der Waals surface area contributed by atoms with Crippen LogP contribution in [0.1, 0.15) is 5.56 Å². The van der Waals surface area contributed by atoms with Crippen molar-refractivity contribution in [3.8, 4) is 0 Å². The van der Waals surface area contributed by atoms with Gasteiger partial charge in [-0.1, -0.05) is 0 Å². The van der Waals surface area contributed by atoms with Crippen LogP contribution in [0.4, 0.5) is 5.69 Å². The van der Waals surface area contributed by atoms with Crippen LogP contribution in [0.2, 0.25) is 0 Å². The second kappa shape index (κ2) is 2.70. The number of fused-ring (bicyclic) bond motifs is 1. The topological polar surface area (TPSA) is 90.5 Å². The smallest absolute Gasteiger partial charge is 0.272 e. The molecule has 0 saturated carbocycles. The maximum absolute atomic E-state index is 5.73. The lowest BCUT2D eigenvalue weighted by molar-refractivity contribution is -0.114. The van der Waals surface area contributed by atoms with Gasteiger partial charge in [0.2, 0.25) is 0 Å². The first-order valence-electron chi connectivity index (χ1n) is 3.69.